The summed E-state index contributed by atoms with van der Waals surface area (Å²) >= 11 is 0. The first-order chi connectivity index (χ1) is 11.8. The lowest BCUT2D eigenvalue weighted by atomic mass is 9.86. The van der Waals surface area contributed by atoms with Gasteiger partial charge in [-0.2, -0.15) is 13.2 Å². The second-order valence-corrected chi connectivity index (χ2v) is 6.13. The molecule has 0 spiro atoms. The molecule has 25 heavy (non-hydrogen) atoms. The SMILES string of the molecule is C[C@@H](c1ccccc1)[C@H]1CC(=O)N(c2cccc(C(F)(F)F)c2)C1=O. The third-order valence-electron chi connectivity index (χ3n) is 4.54. The highest BCUT2D eigenvalue weighted by Gasteiger charge is 2.43. The molecule has 6 heteroatoms. The van der Waals surface area contributed by atoms with Crippen LogP contribution in [0.1, 0.15) is 30.4 Å². The van der Waals surface area contributed by atoms with Crippen molar-refractivity contribution in [2.24, 2.45) is 5.92 Å². The standard InChI is InChI=1S/C19H16F3NO2/c1-12(13-6-3-2-4-7-13)16-11-17(24)23(18(16)25)15-9-5-8-14(10-15)19(20,21)22/h2-10,12,16H,11H2,1H3/t12-,16+/m0/s1. The Kier molecular flexibility index (Phi) is 4.37. The van der Waals surface area contributed by atoms with Gasteiger partial charge in [-0.3, -0.25) is 14.5 Å². The fourth-order valence-corrected chi connectivity index (χ4v) is 3.13. The van der Waals surface area contributed by atoms with Crippen molar-refractivity contribution >= 4 is 17.5 Å². The van der Waals surface area contributed by atoms with Crippen molar-refractivity contribution < 1.29 is 22.8 Å². The van der Waals surface area contributed by atoms with Crippen LogP contribution in [0.4, 0.5) is 18.9 Å². The van der Waals surface area contributed by atoms with Crippen LogP contribution in [0.2, 0.25) is 0 Å². The molecule has 3 rings (SSSR count). The summed E-state index contributed by atoms with van der Waals surface area (Å²) in [5.41, 5.74) is -0.00251. The Labute approximate surface area is 143 Å². The summed E-state index contributed by atoms with van der Waals surface area (Å²) in [5, 5.41) is 0. The van der Waals surface area contributed by atoms with Crippen molar-refractivity contribution in [2.45, 2.75) is 25.4 Å². The topological polar surface area (TPSA) is 37.4 Å². The Morgan fingerprint density at radius 2 is 1.72 bits per heavy atom. The van der Waals surface area contributed by atoms with Gasteiger partial charge in [0, 0.05) is 6.42 Å². The Hall–Kier alpha value is -2.63. The molecule has 2 aromatic carbocycles. The molecule has 1 aliphatic heterocycles. The van der Waals surface area contributed by atoms with E-state index in [0.29, 0.717) is 0 Å². The fourth-order valence-electron chi connectivity index (χ4n) is 3.13. The molecule has 0 unspecified atom stereocenters. The molecule has 0 N–H and O–H groups in total. The van der Waals surface area contributed by atoms with E-state index in [1.165, 1.54) is 12.1 Å². The third-order valence-corrected chi connectivity index (χ3v) is 4.54. The largest absolute Gasteiger partial charge is 0.416 e. The van der Waals surface area contributed by atoms with Gasteiger partial charge in [0.15, 0.2) is 0 Å². The average molecular weight is 347 g/mol. The molecule has 130 valence electrons. The zero-order valence-electron chi connectivity index (χ0n) is 13.5. The molecule has 1 saturated heterocycles. The van der Waals surface area contributed by atoms with E-state index in [1.807, 2.05) is 37.3 Å². The Morgan fingerprint density at radius 1 is 1.04 bits per heavy atom. The number of carbonyl (C=O) groups is 2. The van der Waals surface area contributed by atoms with Crippen LogP contribution in [0.25, 0.3) is 0 Å². The Balaban J connectivity index is 1.90. The number of halogens is 3. The molecule has 1 heterocycles. The summed E-state index contributed by atoms with van der Waals surface area (Å²) in [4.78, 5) is 25.9. The number of benzene rings is 2. The van der Waals surface area contributed by atoms with Crippen LogP contribution in [0.15, 0.2) is 54.6 Å². The van der Waals surface area contributed by atoms with Gasteiger partial charge in [0.25, 0.3) is 0 Å². The Bertz CT molecular complexity index is 802. The first-order valence-corrected chi connectivity index (χ1v) is 7.88. The first-order valence-electron chi connectivity index (χ1n) is 7.88. The third kappa shape index (κ3) is 3.29. The van der Waals surface area contributed by atoms with Crippen molar-refractivity contribution in [3.63, 3.8) is 0 Å². The summed E-state index contributed by atoms with van der Waals surface area (Å²) < 4.78 is 38.7. The molecule has 2 amide bonds. The lowest BCUT2D eigenvalue weighted by molar-refractivity contribution is -0.137. The van der Waals surface area contributed by atoms with Crippen LogP contribution in [0.3, 0.4) is 0 Å². The number of alkyl halides is 3. The lowest BCUT2D eigenvalue weighted by Crippen LogP contribution is -2.31. The molecule has 2 atom stereocenters. The van der Waals surface area contributed by atoms with Crippen molar-refractivity contribution in [3.05, 3.63) is 65.7 Å². The average Bonchev–Trinajstić information content (AvgIpc) is 2.89. The van der Waals surface area contributed by atoms with Crippen LogP contribution in [-0.2, 0) is 15.8 Å². The molecular formula is C19H16F3NO2. The van der Waals surface area contributed by atoms with E-state index >= 15 is 0 Å². The molecule has 2 aromatic rings. The van der Waals surface area contributed by atoms with Crippen molar-refractivity contribution in [1.82, 2.24) is 0 Å². The normalized spacial score (nSPS) is 19.4. The number of amides is 2. The number of nitrogens with zero attached hydrogens (tertiary/aromatic N) is 1. The maximum atomic E-state index is 12.9. The number of carbonyl (C=O) groups excluding carboxylic acids is 2. The van der Waals surface area contributed by atoms with Crippen LogP contribution >= 0.6 is 0 Å². The highest BCUT2D eigenvalue weighted by atomic mass is 19.4. The maximum Gasteiger partial charge on any atom is 0.416 e. The van der Waals surface area contributed by atoms with Gasteiger partial charge >= 0.3 is 6.18 Å². The number of hydrogen-bond acceptors (Lipinski definition) is 2. The van der Waals surface area contributed by atoms with E-state index in [1.54, 1.807) is 0 Å². The number of hydrogen-bond donors (Lipinski definition) is 0. The maximum absolute atomic E-state index is 12.9. The van der Waals surface area contributed by atoms with Gasteiger partial charge in [-0.15, -0.1) is 0 Å². The van der Waals surface area contributed by atoms with Crippen molar-refractivity contribution in [2.75, 3.05) is 4.90 Å². The minimum Gasteiger partial charge on any atom is -0.274 e. The summed E-state index contributed by atoms with van der Waals surface area (Å²) in [6.45, 7) is 1.85. The summed E-state index contributed by atoms with van der Waals surface area (Å²) in [6, 6.07) is 13.6. The molecule has 3 nitrogen and oxygen atoms in total. The highest BCUT2D eigenvalue weighted by Crippen LogP contribution is 2.37. The second kappa shape index (κ2) is 6.35. The molecule has 1 aliphatic rings. The lowest BCUT2D eigenvalue weighted by Gasteiger charge is -2.20. The van der Waals surface area contributed by atoms with E-state index in [2.05, 4.69) is 0 Å². The minimum atomic E-state index is -4.53. The predicted molar refractivity (Wildman–Crippen MR) is 86.9 cm³/mol. The van der Waals surface area contributed by atoms with Gasteiger partial charge in [0.05, 0.1) is 17.2 Å². The summed E-state index contributed by atoms with van der Waals surface area (Å²) in [6.07, 6.45) is -4.54. The van der Waals surface area contributed by atoms with Gasteiger partial charge in [-0.1, -0.05) is 43.3 Å². The van der Waals surface area contributed by atoms with E-state index in [4.69, 9.17) is 0 Å². The summed E-state index contributed by atoms with van der Waals surface area (Å²) in [7, 11) is 0. The summed E-state index contributed by atoms with van der Waals surface area (Å²) in [5.74, 6) is -1.71. The smallest absolute Gasteiger partial charge is 0.274 e. The Morgan fingerprint density at radius 3 is 2.36 bits per heavy atom. The molecule has 0 aromatic heterocycles. The first kappa shape index (κ1) is 17.2. The van der Waals surface area contributed by atoms with Crippen molar-refractivity contribution in [3.8, 4) is 0 Å². The van der Waals surface area contributed by atoms with Crippen LogP contribution in [0, 0.1) is 5.92 Å². The molecule has 0 aliphatic carbocycles. The molecule has 0 saturated carbocycles. The van der Waals surface area contributed by atoms with Gasteiger partial charge in [0.2, 0.25) is 11.8 Å². The number of imide groups is 1. The van der Waals surface area contributed by atoms with Gasteiger partial charge < -0.3 is 0 Å². The molecule has 0 radical (unpaired) electrons. The monoisotopic (exact) mass is 347 g/mol. The second-order valence-electron chi connectivity index (χ2n) is 6.13. The van der Waals surface area contributed by atoms with Gasteiger partial charge in [-0.25, -0.2) is 0 Å². The number of anilines is 1. The fraction of sp³-hybridized carbons (Fsp3) is 0.263. The van der Waals surface area contributed by atoms with Gasteiger partial charge in [0.1, 0.15) is 0 Å². The zero-order valence-corrected chi connectivity index (χ0v) is 13.5. The van der Waals surface area contributed by atoms with Crippen molar-refractivity contribution in [1.29, 1.82) is 0 Å². The van der Waals surface area contributed by atoms with Gasteiger partial charge in [-0.05, 0) is 29.7 Å². The molecule has 0 bridgehead atoms. The predicted octanol–water partition coefficient (Wildman–Crippen LogP) is 4.39. The minimum absolute atomic E-state index is 0.00879. The van der Waals surface area contributed by atoms with Crippen LogP contribution < -0.4 is 4.90 Å². The van der Waals surface area contributed by atoms with E-state index in [-0.39, 0.29) is 18.0 Å². The number of rotatable bonds is 3. The van der Waals surface area contributed by atoms with E-state index < -0.39 is 29.5 Å². The van der Waals surface area contributed by atoms with Crippen LogP contribution in [-0.4, -0.2) is 11.8 Å². The molecular weight excluding hydrogens is 331 g/mol. The van der Waals surface area contributed by atoms with E-state index in [0.717, 1.165) is 22.6 Å². The quantitative estimate of drug-likeness (QED) is 0.773. The highest BCUT2D eigenvalue weighted by molar-refractivity contribution is 6.21. The van der Waals surface area contributed by atoms with E-state index in [9.17, 15) is 22.8 Å². The molecule has 1 fully saturated rings. The van der Waals surface area contributed by atoms with Crippen LogP contribution in [0.5, 0.6) is 0 Å². The zero-order chi connectivity index (χ0) is 18.2.